The zero-order valence-electron chi connectivity index (χ0n) is 20.2. The fourth-order valence-electron chi connectivity index (χ4n) is 4.62. The molecule has 1 spiro atoms. The number of amides is 1. The summed E-state index contributed by atoms with van der Waals surface area (Å²) < 4.78 is 18.0. The van der Waals surface area contributed by atoms with Gasteiger partial charge in [-0.25, -0.2) is 4.79 Å². The smallest absolute Gasteiger partial charge is 0.444 e. The van der Waals surface area contributed by atoms with Gasteiger partial charge >= 0.3 is 13.2 Å². The van der Waals surface area contributed by atoms with Crippen molar-refractivity contribution in [1.82, 2.24) is 4.90 Å². The van der Waals surface area contributed by atoms with Crippen LogP contribution in [0.3, 0.4) is 0 Å². The van der Waals surface area contributed by atoms with Crippen LogP contribution in [0, 0.1) is 5.41 Å². The average Bonchev–Trinajstić information content (AvgIpc) is 2.86. The van der Waals surface area contributed by atoms with Gasteiger partial charge in [-0.05, 0) is 78.9 Å². The number of hydrogen-bond acceptors (Lipinski definition) is 5. The summed E-state index contributed by atoms with van der Waals surface area (Å²) in [5.74, 6) is 0. The Hall–Kier alpha value is -1.73. The van der Waals surface area contributed by atoms with Gasteiger partial charge in [0.05, 0.1) is 11.2 Å². The molecule has 0 unspecified atom stereocenters. The maximum atomic E-state index is 12.3. The van der Waals surface area contributed by atoms with E-state index in [1.165, 1.54) is 5.69 Å². The number of rotatable bonds is 2. The number of anilines is 1. The summed E-state index contributed by atoms with van der Waals surface area (Å²) in [6.07, 6.45) is 2.00. The van der Waals surface area contributed by atoms with Crippen molar-refractivity contribution in [3.8, 4) is 0 Å². The third kappa shape index (κ3) is 4.44. The lowest BCUT2D eigenvalue weighted by atomic mass is 9.72. The second-order valence-corrected chi connectivity index (χ2v) is 11.5. The van der Waals surface area contributed by atoms with Crippen LogP contribution >= 0.6 is 0 Å². The van der Waals surface area contributed by atoms with Crippen molar-refractivity contribution < 1.29 is 18.8 Å². The van der Waals surface area contributed by atoms with Crippen molar-refractivity contribution in [3.63, 3.8) is 0 Å². The Morgan fingerprint density at radius 1 is 1.03 bits per heavy atom. The van der Waals surface area contributed by atoms with E-state index in [4.69, 9.17) is 14.0 Å². The molecule has 4 rings (SSSR count). The van der Waals surface area contributed by atoms with Gasteiger partial charge in [0, 0.05) is 37.3 Å². The number of piperidine rings is 1. The van der Waals surface area contributed by atoms with Crippen LogP contribution in [-0.4, -0.2) is 61.1 Å². The highest BCUT2D eigenvalue weighted by molar-refractivity contribution is 6.62. The SMILES string of the molecule is CC(C)(C)OC(=O)N1CC2(CCN(c3cccc(B4OC(C)(C)C(C)(C)O4)c3)CC2)C1. The molecule has 1 aromatic rings. The van der Waals surface area contributed by atoms with Gasteiger partial charge < -0.3 is 23.8 Å². The van der Waals surface area contributed by atoms with Crippen LogP contribution in [0.4, 0.5) is 10.5 Å². The number of hydrogen-bond donors (Lipinski definition) is 0. The molecule has 0 N–H and O–H groups in total. The van der Waals surface area contributed by atoms with Gasteiger partial charge in [-0.1, -0.05) is 12.1 Å². The lowest BCUT2D eigenvalue weighted by molar-refractivity contribution is -0.0434. The lowest BCUT2D eigenvalue weighted by Crippen LogP contribution is -2.62. The van der Waals surface area contributed by atoms with Crippen molar-refractivity contribution in [3.05, 3.63) is 24.3 Å². The Bertz CT molecular complexity index is 816. The highest BCUT2D eigenvalue weighted by Gasteiger charge is 2.52. The van der Waals surface area contributed by atoms with Crippen LogP contribution < -0.4 is 10.4 Å². The predicted octanol–water partition coefficient (Wildman–Crippen LogP) is 3.82. The molecule has 0 aliphatic carbocycles. The number of benzene rings is 1. The molecule has 7 heteroatoms. The minimum atomic E-state index is -0.439. The quantitative estimate of drug-likeness (QED) is 0.671. The zero-order chi connectivity index (χ0) is 22.7. The fourth-order valence-corrected chi connectivity index (χ4v) is 4.62. The molecule has 3 aliphatic rings. The predicted molar refractivity (Wildman–Crippen MR) is 124 cm³/mol. The second kappa shape index (κ2) is 7.41. The fraction of sp³-hybridized carbons (Fsp3) is 0.708. The van der Waals surface area contributed by atoms with Gasteiger partial charge in [-0.15, -0.1) is 0 Å². The molecule has 0 saturated carbocycles. The van der Waals surface area contributed by atoms with Crippen LogP contribution in [-0.2, 0) is 14.0 Å². The van der Waals surface area contributed by atoms with E-state index in [1.54, 1.807) is 0 Å². The van der Waals surface area contributed by atoms with Gasteiger partial charge in [-0.2, -0.15) is 0 Å². The van der Waals surface area contributed by atoms with Crippen molar-refractivity contribution in [2.24, 2.45) is 5.41 Å². The summed E-state index contributed by atoms with van der Waals surface area (Å²) in [6.45, 7) is 17.7. The number of ether oxygens (including phenoxy) is 1. The summed E-state index contributed by atoms with van der Waals surface area (Å²) in [4.78, 5) is 16.6. The molecule has 0 atom stereocenters. The van der Waals surface area contributed by atoms with Gasteiger partial charge in [-0.3, -0.25) is 0 Å². The van der Waals surface area contributed by atoms with Gasteiger partial charge in [0.2, 0.25) is 0 Å². The number of carbonyl (C=O) groups is 1. The van der Waals surface area contributed by atoms with E-state index in [0.29, 0.717) is 0 Å². The molecule has 6 nitrogen and oxygen atoms in total. The highest BCUT2D eigenvalue weighted by Crippen LogP contribution is 2.42. The first kappa shape index (κ1) is 22.5. The normalized spacial score (nSPS) is 24.3. The van der Waals surface area contributed by atoms with Crippen LogP contribution in [0.25, 0.3) is 0 Å². The third-order valence-electron chi connectivity index (χ3n) is 7.29. The second-order valence-electron chi connectivity index (χ2n) is 11.5. The number of nitrogens with zero attached hydrogens (tertiary/aromatic N) is 2. The Kier molecular flexibility index (Phi) is 5.37. The Morgan fingerprint density at radius 2 is 1.61 bits per heavy atom. The molecular formula is C24H37BN2O4. The maximum absolute atomic E-state index is 12.3. The molecule has 0 aromatic heterocycles. The van der Waals surface area contributed by atoms with Crippen molar-refractivity contribution in [1.29, 1.82) is 0 Å². The van der Waals surface area contributed by atoms with Gasteiger partial charge in [0.15, 0.2) is 0 Å². The molecule has 170 valence electrons. The number of carbonyl (C=O) groups excluding carboxylic acids is 1. The molecule has 3 aliphatic heterocycles. The Morgan fingerprint density at radius 3 is 2.16 bits per heavy atom. The zero-order valence-corrected chi connectivity index (χ0v) is 20.2. The molecule has 1 aromatic carbocycles. The summed E-state index contributed by atoms with van der Waals surface area (Å²) in [5, 5.41) is 0. The lowest BCUT2D eigenvalue weighted by Gasteiger charge is -2.54. The molecule has 3 fully saturated rings. The summed E-state index contributed by atoms with van der Waals surface area (Å²) >= 11 is 0. The van der Waals surface area contributed by atoms with Crippen LogP contribution in [0.1, 0.15) is 61.3 Å². The average molecular weight is 428 g/mol. The van der Waals surface area contributed by atoms with E-state index in [-0.39, 0.29) is 29.8 Å². The van der Waals surface area contributed by atoms with Crippen molar-refractivity contribution in [2.45, 2.75) is 78.1 Å². The first-order valence-corrected chi connectivity index (χ1v) is 11.5. The Labute approximate surface area is 187 Å². The molecule has 3 heterocycles. The van der Waals surface area contributed by atoms with Crippen LogP contribution in [0.2, 0.25) is 0 Å². The van der Waals surface area contributed by atoms with E-state index >= 15 is 0 Å². The third-order valence-corrected chi connectivity index (χ3v) is 7.29. The van der Waals surface area contributed by atoms with Crippen molar-refractivity contribution in [2.75, 3.05) is 31.1 Å². The number of likely N-dealkylation sites (tertiary alicyclic amines) is 1. The topological polar surface area (TPSA) is 51.2 Å². The summed E-state index contributed by atoms with van der Waals surface area (Å²) in [6, 6.07) is 8.55. The first-order chi connectivity index (χ1) is 14.3. The van der Waals surface area contributed by atoms with Crippen LogP contribution in [0.5, 0.6) is 0 Å². The standard InChI is InChI=1S/C24H37BN2O4/c1-21(2,3)29-20(28)27-16-24(17-27)11-13-26(14-12-24)19-10-8-9-18(15-19)25-30-22(4,5)23(6,7)31-25/h8-10,15H,11-14,16-17H2,1-7H3. The summed E-state index contributed by atoms with van der Waals surface area (Å²) in [7, 11) is -0.338. The Balaban J connectivity index is 1.34. The van der Waals surface area contributed by atoms with Crippen LogP contribution in [0.15, 0.2) is 24.3 Å². The molecule has 0 bridgehead atoms. The van der Waals surface area contributed by atoms with E-state index in [0.717, 1.165) is 44.5 Å². The molecule has 1 amide bonds. The molecule has 0 radical (unpaired) electrons. The largest absolute Gasteiger partial charge is 0.494 e. The van der Waals surface area contributed by atoms with Gasteiger partial charge in [0.1, 0.15) is 5.60 Å². The van der Waals surface area contributed by atoms with E-state index in [1.807, 2.05) is 25.7 Å². The van der Waals surface area contributed by atoms with E-state index in [9.17, 15) is 4.79 Å². The van der Waals surface area contributed by atoms with E-state index < -0.39 is 5.60 Å². The summed E-state index contributed by atoms with van der Waals surface area (Å²) in [5.41, 5.74) is 1.41. The maximum Gasteiger partial charge on any atom is 0.494 e. The van der Waals surface area contributed by atoms with E-state index in [2.05, 4.69) is 56.9 Å². The van der Waals surface area contributed by atoms with Gasteiger partial charge in [0.25, 0.3) is 0 Å². The molecule has 3 saturated heterocycles. The highest BCUT2D eigenvalue weighted by atomic mass is 16.7. The van der Waals surface area contributed by atoms with Crippen molar-refractivity contribution >= 4 is 24.4 Å². The molecular weight excluding hydrogens is 391 g/mol. The minimum Gasteiger partial charge on any atom is -0.444 e. The monoisotopic (exact) mass is 428 g/mol. The minimum absolute atomic E-state index is 0.185. The first-order valence-electron chi connectivity index (χ1n) is 11.5. The molecule has 31 heavy (non-hydrogen) atoms.